The SMILES string of the molecule is CCOC(=O)N1CCC(NC(N)=NCCCC2CCCC2)CC1.I. The first-order chi connectivity index (χ1) is 11.2. The number of rotatable bonds is 6. The van der Waals surface area contributed by atoms with Crippen molar-refractivity contribution in [2.45, 2.75) is 64.3 Å². The third-order valence-electron chi connectivity index (χ3n) is 4.90. The Balaban J connectivity index is 0.00000288. The first-order valence-corrected chi connectivity index (χ1v) is 9.17. The number of hydrogen-bond donors (Lipinski definition) is 2. The molecule has 1 amide bonds. The van der Waals surface area contributed by atoms with Gasteiger partial charge in [0, 0.05) is 25.7 Å². The van der Waals surface area contributed by atoms with Crippen LogP contribution in [-0.2, 0) is 4.74 Å². The number of guanidine groups is 1. The fourth-order valence-corrected chi connectivity index (χ4v) is 3.55. The minimum atomic E-state index is -0.209. The number of nitrogens with two attached hydrogens (primary N) is 1. The molecule has 6 nitrogen and oxygen atoms in total. The van der Waals surface area contributed by atoms with Crippen LogP contribution in [0.15, 0.2) is 4.99 Å². The molecule has 1 saturated heterocycles. The second-order valence-corrected chi connectivity index (χ2v) is 6.66. The summed E-state index contributed by atoms with van der Waals surface area (Å²) in [5, 5.41) is 3.29. The van der Waals surface area contributed by atoms with Gasteiger partial charge in [0.25, 0.3) is 0 Å². The summed E-state index contributed by atoms with van der Waals surface area (Å²) in [7, 11) is 0. The van der Waals surface area contributed by atoms with E-state index in [0.29, 0.717) is 31.7 Å². The molecule has 0 aromatic heterocycles. The molecule has 24 heavy (non-hydrogen) atoms. The number of nitrogens with zero attached hydrogens (tertiary/aromatic N) is 2. The second kappa shape index (κ2) is 11.8. The summed E-state index contributed by atoms with van der Waals surface area (Å²) >= 11 is 0. The number of amides is 1. The minimum Gasteiger partial charge on any atom is -0.450 e. The van der Waals surface area contributed by atoms with Gasteiger partial charge >= 0.3 is 6.09 Å². The number of ether oxygens (including phenoxy) is 1. The third-order valence-corrected chi connectivity index (χ3v) is 4.90. The number of likely N-dealkylation sites (tertiary alicyclic amines) is 1. The first-order valence-electron chi connectivity index (χ1n) is 9.17. The van der Waals surface area contributed by atoms with Crippen LogP contribution >= 0.6 is 24.0 Å². The molecule has 1 aliphatic heterocycles. The highest BCUT2D eigenvalue weighted by atomic mass is 127. The lowest BCUT2D eigenvalue weighted by Gasteiger charge is -2.31. The molecule has 2 rings (SSSR count). The molecule has 1 aliphatic carbocycles. The quantitative estimate of drug-likeness (QED) is 0.281. The molecule has 0 radical (unpaired) electrons. The van der Waals surface area contributed by atoms with Gasteiger partial charge in [-0.3, -0.25) is 4.99 Å². The molecule has 0 unspecified atom stereocenters. The smallest absolute Gasteiger partial charge is 0.409 e. The third kappa shape index (κ3) is 7.44. The van der Waals surface area contributed by atoms with Crippen LogP contribution in [0.3, 0.4) is 0 Å². The van der Waals surface area contributed by atoms with Crippen LogP contribution in [0.2, 0.25) is 0 Å². The van der Waals surface area contributed by atoms with Gasteiger partial charge in [-0.1, -0.05) is 25.7 Å². The van der Waals surface area contributed by atoms with E-state index in [9.17, 15) is 4.79 Å². The molecule has 0 aromatic rings. The molecule has 0 aromatic carbocycles. The number of carbonyl (C=O) groups excluding carboxylic acids is 1. The zero-order valence-electron chi connectivity index (χ0n) is 14.8. The van der Waals surface area contributed by atoms with E-state index >= 15 is 0 Å². The lowest BCUT2D eigenvalue weighted by atomic mass is 10.0. The van der Waals surface area contributed by atoms with Gasteiger partial charge in [0.15, 0.2) is 5.96 Å². The van der Waals surface area contributed by atoms with Crippen LogP contribution in [0.25, 0.3) is 0 Å². The van der Waals surface area contributed by atoms with E-state index in [1.807, 2.05) is 6.92 Å². The summed E-state index contributed by atoms with van der Waals surface area (Å²) in [5.41, 5.74) is 5.97. The van der Waals surface area contributed by atoms with Crippen molar-refractivity contribution in [3.8, 4) is 0 Å². The van der Waals surface area contributed by atoms with Gasteiger partial charge in [0.1, 0.15) is 0 Å². The number of aliphatic imine (C=N–C) groups is 1. The van der Waals surface area contributed by atoms with Crippen molar-refractivity contribution in [2.75, 3.05) is 26.2 Å². The van der Waals surface area contributed by atoms with Crippen LogP contribution < -0.4 is 11.1 Å². The van der Waals surface area contributed by atoms with E-state index in [4.69, 9.17) is 10.5 Å². The van der Waals surface area contributed by atoms with Crippen LogP contribution in [0.5, 0.6) is 0 Å². The fourth-order valence-electron chi connectivity index (χ4n) is 3.55. The van der Waals surface area contributed by atoms with E-state index in [1.54, 1.807) is 4.90 Å². The van der Waals surface area contributed by atoms with Crippen molar-refractivity contribution in [1.82, 2.24) is 10.2 Å². The summed E-state index contributed by atoms with van der Waals surface area (Å²) in [4.78, 5) is 17.8. The predicted molar refractivity (Wildman–Crippen MR) is 108 cm³/mol. The van der Waals surface area contributed by atoms with E-state index < -0.39 is 0 Å². The Labute approximate surface area is 163 Å². The fraction of sp³-hybridized carbons (Fsp3) is 0.882. The van der Waals surface area contributed by atoms with E-state index in [-0.39, 0.29) is 30.1 Å². The van der Waals surface area contributed by atoms with E-state index in [2.05, 4.69) is 10.3 Å². The van der Waals surface area contributed by atoms with Crippen molar-refractivity contribution in [1.29, 1.82) is 0 Å². The molecule has 0 spiro atoms. The van der Waals surface area contributed by atoms with Crippen molar-refractivity contribution in [3.05, 3.63) is 0 Å². The predicted octanol–water partition coefficient (Wildman–Crippen LogP) is 3.10. The Hall–Kier alpha value is -0.730. The second-order valence-electron chi connectivity index (χ2n) is 6.66. The number of hydrogen-bond acceptors (Lipinski definition) is 3. The van der Waals surface area contributed by atoms with Gasteiger partial charge in [0.05, 0.1) is 6.61 Å². The average molecular weight is 452 g/mol. The summed E-state index contributed by atoms with van der Waals surface area (Å²) < 4.78 is 5.02. The molecule has 2 fully saturated rings. The highest BCUT2D eigenvalue weighted by Gasteiger charge is 2.23. The molecule has 3 N–H and O–H groups in total. The number of halogens is 1. The van der Waals surface area contributed by atoms with Crippen molar-refractivity contribution >= 4 is 36.0 Å². The molecule has 7 heteroatoms. The largest absolute Gasteiger partial charge is 0.450 e. The summed E-state index contributed by atoms with van der Waals surface area (Å²) in [6.07, 6.45) is 9.59. The molecule has 2 aliphatic rings. The molecular formula is C17H33IN4O2. The maximum absolute atomic E-state index is 11.6. The number of carbonyl (C=O) groups is 1. The van der Waals surface area contributed by atoms with Crippen LogP contribution in [0.4, 0.5) is 4.79 Å². The van der Waals surface area contributed by atoms with Gasteiger partial charge in [0.2, 0.25) is 0 Å². The van der Waals surface area contributed by atoms with Gasteiger partial charge in [-0.25, -0.2) is 4.79 Å². The van der Waals surface area contributed by atoms with Crippen LogP contribution in [0, 0.1) is 5.92 Å². The van der Waals surface area contributed by atoms with E-state index in [1.165, 1.54) is 32.1 Å². The van der Waals surface area contributed by atoms with Gasteiger partial charge in [-0.15, -0.1) is 24.0 Å². The molecule has 140 valence electrons. The molecule has 1 saturated carbocycles. The average Bonchev–Trinajstić information content (AvgIpc) is 3.06. The zero-order chi connectivity index (χ0) is 16.5. The minimum absolute atomic E-state index is 0. The van der Waals surface area contributed by atoms with Crippen molar-refractivity contribution in [3.63, 3.8) is 0 Å². The van der Waals surface area contributed by atoms with E-state index in [0.717, 1.165) is 31.7 Å². The molecular weight excluding hydrogens is 419 g/mol. The standard InChI is InChI=1S/C17H32N4O2.HI/c1-2-23-17(22)21-12-9-15(10-13-21)20-16(18)19-11-5-8-14-6-3-4-7-14;/h14-15H,2-13H2,1H3,(H3,18,19,20);1H. The molecule has 0 bridgehead atoms. The highest BCUT2D eigenvalue weighted by molar-refractivity contribution is 14.0. The summed E-state index contributed by atoms with van der Waals surface area (Å²) in [5.74, 6) is 1.47. The zero-order valence-corrected chi connectivity index (χ0v) is 17.2. The maximum atomic E-state index is 11.6. The Kier molecular flexibility index (Phi) is 10.4. The first kappa shape index (κ1) is 21.3. The summed E-state index contributed by atoms with van der Waals surface area (Å²) in [6.45, 7) is 4.50. The lowest BCUT2D eigenvalue weighted by molar-refractivity contribution is 0.0963. The Morgan fingerprint density at radius 1 is 1.25 bits per heavy atom. The van der Waals surface area contributed by atoms with Gasteiger partial charge in [-0.05, 0) is 38.5 Å². The van der Waals surface area contributed by atoms with Crippen molar-refractivity contribution in [2.24, 2.45) is 16.6 Å². The Bertz CT molecular complexity index is 392. The summed E-state index contributed by atoms with van der Waals surface area (Å²) in [6, 6.07) is 0.305. The Morgan fingerprint density at radius 2 is 1.92 bits per heavy atom. The maximum Gasteiger partial charge on any atom is 0.409 e. The van der Waals surface area contributed by atoms with Crippen molar-refractivity contribution < 1.29 is 9.53 Å². The molecule has 0 atom stereocenters. The monoisotopic (exact) mass is 452 g/mol. The topological polar surface area (TPSA) is 80.0 Å². The normalized spacial score (nSPS) is 19.9. The van der Waals surface area contributed by atoms with Crippen LogP contribution in [-0.4, -0.2) is 49.2 Å². The lowest BCUT2D eigenvalue weighted by Crippen LogP contribution is -2.48. The van der Waals surface area contributed by atoms with Gasteiger partial charge in [-0.2, -0.15) is 0 Å². The number of piperidine rings is 1. The van der Waals surface area contributed by atoms with Crippen LogP contribution in [0.1, 0.15) is 58.3 Å². The highest BCUT2D eigenvalue weighted by Crippen LogP contribution is 2.28. The Morgan fingerprint density at radius 3 is 2.54 bits per heavy atom. The van der Waals surface area contributed by atoms with Gasteiger partial charge < -0.3 is 20.7 Å². The molecule has 1 heterocycles. The number of nitrogens with one attached hydrogen (secondary N) is 1.